The quantitative estimate of drug-likeness (QED) is 0.204. The molecule has 0 aliphatic carbocycles. The Bertz CT molecular complexity index is 1920. The molecule has 4 aromatic rings. The van der Waals surface area contributed by atoms with E-state index >= 15 is 0 Å². The normalized spacial score (nSPS) is 19.1. The molecule has 3 unspecified atom stereocenters. The first-order valence-electron chi connectivity index (χ1n) is 13.6. The Morgan fingerprint density at radius 1 is 0.935 bits per heavy atom. The van der Waals surface area contributed by atoms with E-state index in [2.05, 4.69) is 5.32 Å². The van der Waals surface area contributed by atoms with Crippen molar-refractivity contribution in [2.24, 2.45) is 5.92 Å². The first kappa shape index (κ1) is 31.4. The highest BCUT2D eigenvalue weighted by Gasteiger charge is 2.57. The number of benzene rings is 3. The molecule has 3 atom stereocenters. The van der Waals surface area contributed by atoms with Crippen molar-refractivity contribution in [1.82, 2.24) is 4.57 Å². The van der Waals surface area contributed by atoms with Gasteiger partial charge in [0.1, 0.15) is 17.6 Å². The molecule has 0 bridgehead atoms. The summed E-state index contributed by atoms with van der Waals surface area (Å²) in [4.78, 5) is 54.9. The number of aromatic nitrogens is 1. The van der Waals surface area contributed by atoms with E-state index in [0.717, 1.165) is 58.3 Å². The molecule has 0 spiro atoms. The van der Waals surface area contributed by atoms with Gasteiger partial charge in [0.25, 0.3) is 0 Å². The molecule has 238 valence electrons. The number of nitrogens with one attached hydrogen (secondary N) is 1. The van der Waals surface area contributed by atoms with E-state index in [9.17, 15) is 36.7 Å². The number of carbonyl (C=O) groups is 3. The van der Waals surface area contributed by atoms with Crippen LogP contribution in [0.3, 0.4) is 0 Å². The predicted molar refractivity (Wildman–Crippen MR) is 162 cm³/mol. The third-order valence-corrected chi connectivity index (χ3v) is 10.3. The number of ether oxygens (including phenoxy) is 2. The van der Waals surface area contributed by atoms with Crippen LogP contribution in [0, 0.1) is 11.7 Å². The summed E-state index contributed by atoms with van der Waals surface area (Å²) in [6.07, 6.45) is -4.71. The SMILES string of the molecule is COc1ccc(C2c3sc(=O)n(CC(=O)Nc4ccc(F)cc4)c3SC3C(=O)N(c4cccc(C(F)(F)F)c4)C(=O)C32)cc1OC. The van der Waals surface area contributed by atoms with Gasteiger partial charge >= 0.3 is 11.0 Å². The second kappa shape index (κ2) is 11.9. The first-order valence-corrected chi connectivity index (χ1v) is 15.3. The lowest BCUT2D eigenvalue weighted by Gasteiger charge is -2.31. The molecule has 46 heavy (non-hydrogen) atoms. The Hall–Kier alpha value is -4.63. The number of amides is 3. The van der Waals surface area contributed by atoms with E-state index in [1.807, 2.05) is 0 Å². The fraction of sp³-hybridized carbons (Fsp3) is 0.226. The van der Waals surface area contributed by atoms with Gasteiger partial charge in [0.15, 0.2) is 11.5 Å². The summed E-state index contributed by atoms with van der Waals surface area (Å²) < 4.78 is 66.0. The van der Waals surface area contributed by atoms with Crippen LogP contribution in [0.1, 0.15) is 21.9 Å². The summed E-state index contributed by atoms with van der Waals surface area (Å²) in [6.45, 7) is -0.454. The molecule has 6 rings (SSSR count). The summed E-state index contributed by atoms with van der Waals surface area (Å²) in [5, 5.41) is 1.74. The van der Waals surface area contributed by atoms with Crippen molar-refractivity contribution < 1.29 is 41.4 Å². The number of imide groups is 1. The standard InChI is InChI=1S/C31H23F4N3O6S2/c1-43-20-11-6-15(12-21(20)44-2)23-24-25(28(41)38(27(24)40)19-5-3-4-16(13-19)31(33,34)35)45-29-26(23)46-30(42)37(29)14-22(39)36-18-9-7-17(32)8-10-18/h3-13,23-25H,14H2,1-2H3,(H,36,39). The van der Waals surface area contributed by atoms with Crippen LogP contribution in [0.2, 0.25) is 0 Å². The second-order valence-electron chi connectivity index (χ2n) is 10.4. The molecular weight excluding hydrogens is 650 g/mol. The van der Waals surface area contributed by atoms with E-state index in [4.69, 9.17) is 9.47 Å². The lowest BCUT2D eigenvalue weighted by molar-refractivity contribution is -0.137. The molecule has 1 aromatic heterocycles. The largest absolute Gasteiger partial charge is 0.493 e. The minimum absolute atomic E-state index is 0.231. The van der Waals surface area contributed by atoms with Crippen LogP contribution in [0.25, 0.3) is 0 Å². The van der Waals surface area contributed by atoms with Crippen molar-refractivity contribution in [3.05, 3.63) is 98.2 Å². The number of nitrogens with zero attached hydrogens (tertiary/aromatic N) is 2. The molecule has 2 aliphatic rings. The van der Waals surface area contributed by atoms with Gasteiger partial charge in [-0.05, 0) is 60.2 Å². The summed E-state index contributed by atoms with van der Waals surface area (Å²) in [7, 11) is 2.86. The number of rotatable bonds is 7. The number of alkyl halides is 3. The fourth-order valence-electron chi connectivity index (χ4n) is 5.61. The number of fused-ring (bicyclic) bond motifs is 2. The number of hydrogen-bond donors (Lipinski definition) is 1. The molecule has 9 nitrogen and oxygen atoms in total. The monoisotopic (exact) mass is 673 g/mol. The summed E-state index contributed by atoms with van der Waals surface area (Å²) in [6, 6.07) is 13.9. The van der Waals surface area contributed by atoms with Gasteiger partial charge in [-0.15, -0.1) is 0 Å². The number of hydrogen-bond acceptors (Lipinski definition) is 8. The number of thioether (sulfide) groups is 1. The molecule has 0 radical (unpaired) electrons. The topological polar surface area (TPSA) is 107 Å². The molecule has 3 amide bonds. The second-order valence-corrected chi connectivity index (χ2v) is 12.5. The molecule has 0 saturated carbocycles. The zero-order chi connectivity index (χ0) is 32.9. The van der Waals surface area contributed by atoms with Crippen LogP contribution >= 0.6 is 23.1 Å². The Morgan fingerprint density at radius 3 is 2.33 bits per heavy atom. The Balaban J connectivity index is 1.44. The minimum atomic E-state index is -4.71. The number of carbonyl (C=O) groups excluding carboxylic acids is 3. The third kappa shape index (κ3) is 5.53. The van der Waals surface area contributed by atoms with Crippen molar-refractivity contribution in [2.45, 2.75) is 28.9 Å². The third-order valence-electron chi connectivity index (χ3n) is 7.68. The highest BCUT2D eigenvalue weighted by molar-refractivity contribution is 8.00. The molecule has 1 N–H and O–H groups in total. The first-order chi connectivity index (χ1) is 21.9. The summed E-state index contributed by atoms with van der Waals surface area (Å²) in [5.41, 5.74) is -0.465. The number of halogens is 4. The van der Waals surface area contributed by atoms with Crippen molar-refractivity contribution in [3.63, 3.8) is 0 Å². The van der Waals surface area contributed by atoms with Gasteiger partial charge in [-0.3, -0.25) is 23.7 Å². The van der Waals surface area contributed by atoms with Crippen LogP contribution in [0.4, 0.5) is 28.9 Å². The number of anilines is 2. The predicted octanol–water partition coefficient (Wildman–Crippen LogP) is 5.52. The van der Waals surface area contributed by atoms with Gasteiger partial charge in [-0.2, -0.15) is 13.2 Å². The summed E-state index contributed by atoms with van der Waals surface area (Å²) in [5.74, 6) is -3.87. The lowest BCUT2D eigenvalue weighted by Crippen LogP contribution is -2.33. The zero-order valence-electron chi connectivity index (χ0n) is 24.0. The number of methoxy groups -OCH3 is 2. The average molecular weight is 674 g/mol. The molecular formula is C31H23F4N3O6S2. The average Bonchev–Trinajstić information content (AvgIpc) is 3.47. The van der Waals surface area contributed by atoms with Crippen molar-refractivity contribution in [2.75, 3.05) is 24.4 Å². The minimum Gasteiger partial charge on any atom is -0.493 e. The highest BCUT2D eigenvalue weighted by atomic mass is 32.2. The van der Waals surface area contributed by atoms with Crippen molar-refractivity contribution >= 4 is 52.2 Å². The van der Waals surface area contributed by atoms with Crippen LogP contribution in [-0.4, -0.2) is 41.8 Å². The molecule has 3 heterocycles. The van der Waals surface area contributed by atoms with Gasteiger partial charge in [-0.25, -0.2) is 9.29 Å². The Kier molecular flexibility index (Phi) is 8.14. The smallest absolute Gasteiger partial charge is 0.416 e. The van der Waals surface area contributed by atoms with Crippen LogP contribution in [0.15, 0.2) is 76.6 Å². The van der Waals surface area contributed by atoms with E-state index in [0.29, 0.717) is 27.6 Å². The fourth-order valence-corrected chi connectivity index (χ4v) is 8.39. The van der Waals surface area contributed by atoms with Crippen LogP contribution < -0.4 is 24.6 Å². The van der Waals surface area contributed by atoms with Gasteiger partial charge in [0.05, 0.1) is 36.4 Å². The Morgan fingerprint density at radius 2 is 1.65 bits per heavy atom. The van der Waals surface area contributed by atoms with E-state index < -0.39 is 63.8 Å². The Labute approximate surface area is 266 Å². The maximum atomic E-state index is 14.1. The zero-order valence-corrected chi connectivity index (χ0v) is 25.6. The van der Waals surface area contributed by atoms with Crippen LogP contribution in [-0.2, 0) is 27.1 Å². The van der Waals surface area contributed by atoms with E-state index in [1.54, 1.807) is 18.2 Å². The van der Waals surface area contributed by atoms with Gasteiger partial charge in [-0.1, -0.05) is 35.2 Å². The maximum Gasteiger partial charge on any atom is 0.416 e. The number of thiazole rings is 1. The maximum absolute atomic E-state index is 14.1. The van der Waals surface area contributed by atoms with Crippen LogP contribution in [0.5, 0.6) is 11.5 Å². The summed E-state index contributed by atoms with van der Waals surface area (Å²) >= 11 is 1.72. The molecule has 15 heteroatoms. The van der Waals surface area contributed by atoms with Crippen molar-refractivity contribution in [3.8, 4) is 11.5 Å². The van der Waals surface area contributed by atoms with Gasteiger partial charge in [0.2, 0.25) is 17.7 Å². The molecule has 1 fully saturated rings. The molecule has 3 aromatic carbocycles. The van der Waals surface area contributed by atoms with E-state index in [-0.39, 0.29) is 10.7 Å². The highest BCUT2D eigenvalue weighted by Crippen LogP contribution is 2.54. The molecule has 1 saturated heterocycles. The van der Waals surface area contributed by atoms with Gasteiger partial charge < -0.3 is 14.8 Å². The van der Waals surface area contributed by atoms with E-state index in [1.165, 1.54) is 37.0 Å². The molecule has 2 aliphatic heterocycles. The lowest BCUT2D eigenvalue weighted by atomic mass is 9.83. The van der Waals surface area contributed by atoms with Gasteiger partial charge in [0, 0.05) is 16.5 Å². The van der Waals surface area contributed by atoms with Crippen molar-refractivity contribution in [1.29, 1.82) is 0 Å².